The summed E-state index contributed by atoms with van der Waals surface area (Å²) in [6.45, 7) is 18.4. The Morgan fingerprint density at radius 3 is 2.33 bits per heavy atom. The van der Waals surface area contributed by atoms with Crippen LogP contribution in [0, 0.1) is 5.41 Å². The second-order valence-electron chi connectivity index (χ2n) is 15.6. The lowest BCUT2D eigenvalue weighted by atomic mass is 9.69. The van der Waals surface area contributed by atoms with Crippen LogP contribution in [0.25, 0.3) is 0 Å². The van der Waals surface area contributed by atoms with E-state index in [0.717, 1.165) is 66.0 Å². The van der Waals surface area contributed by atoms with Crippen molar-refractivity contribution in [2.24, 2.45) is 5.41 Å². The molecule has 0 saturated carbocycles. The van der Waals surface area contributed by atoms with E-state index in [4.69, 9.17) is 23.6 Å². The number of alkyl halides is 4. The molecule has 6 rings (SSSR count). The SMILES string of the molecule is CC1(C)Cc2nc(C3CCOCC3)c3c(c2C(O[Si](C)(C)C(C)(C)C)C1)C1(CCOCC1I)O[C@@H]3c1ccc(C(F)(F)F)cn1. The van der Waals surface area contributed by atoms with E-state index in [0.29, 0.717) is 38.5 Å². The first-order valence-corrected chi connectivity index (χ1v) is 20.3. The molecule has 4 aliphatic rings. The zero-order valence-corrected chi connectivity index (χ0v) is 30.6. The topological polar surface area (TPSA) is 62.7 Å². The van der Waals surface area contributed by atoms with Crippen LogP contribution in [0.3, 0.4) is 0 Å². The number of nitrogens with zero attached hydrogens (tertiary/aromatic N) is 2. The van der Waals surface area contributed by atoms with Gasteiger partial charge in [-0.1, -0.05) is 57.2 Å². The van der Waals surface area contributed by atoms with Crippen LogP contribution >= 0.6 is 22.6 Å². The monoisotopic (exact) mass is 758 g/mol. The first kappa shape index (κ1) is 33.8. The molecule has 1 aliphatic carbocycles. The average molecular weight is 759 g/mol. The molecule has 0 aromatic carbocycles. The van der Waals surface area contributed by atoms with Crippen LogP contribution in [0.5, 0.6) is 0 Å². The molecule has 2 fully saturated rings. The molecule has 11 heteroatoms. The van der Waals surface area contributed by atoms with Gasteiger partial charge in [-0.2, -0.15) is 13.2 Å². The summed E-state index contributed by atoms with van der Waals surface area (Å²) in [6.07, 6.45) is -0.345. The molecule has 5 heterocycles. The van der Waals surface area contributed by atoms with Gasteiger partial charge >= 0.3 is 6.18 Å². The van der Waals surface area contributed by atoms with Crippen molar-refractivity contribution in [3.63, 3.8) is 0 Å². The van der Waals surface area contributed by atoms with Crippen molar-refractivity contribution in [2.45, 2.75) is 119 Å². The number of fused-ring (bicyclic) bond motifs is 4. The highest BCUT2D eigenvalue weighted by molar-refractivity contribution is 14.1. The Labute approximate surface area is 279 Å². The minimum atomic E-state index is -4.47. The lowest BCUT2D eigenvalue weighted by molar-refractivity contribution is -0.138. The van der Waals surface area contributed by atoms with Crippen molar-refractivity contribution in [1.29, 1.82) is 0 Å². The van der Waals surface area contributed by atoms with Gasteiger partial charge in [0.25, 0.3) is 0 Å². The minimum Gasteiger partial charge on any atom is -0.410 e. The lowest BCUT2D eigenvalue weighted by Crippen LogP contribution is -2.47. The van der Waals surface area contributed by atoms with Crippen molar-refractivity contribution in [1.82, 2.24) is 9.97 Å². The predicted molar refractivity (Wildman–Crippen MR) is 177 cm³/mol. The van der Waals surface area contributed by atoms with Crippen LogP contribution in [-0.2, 0) is 36.8 Å². The van der Waals surface area contributed by atoms with Crippen molar-refractivity contribution >= 4 is 30.9 Å². The summed E-state index contributed by atoms with van der Waals surface area (Å²) in [5.74, 6) is 0.158. The standard InChI is InChI=1S/C34H46F3IN2O4Si/c1-31(2,3)45(6,7)44-24-17-32(4,5)16-23-26(24)28-27(29(40-23)20-10-13-41-14-11-20)30(43-33(28)12-15-42-19-25(33)38)22-9-8-21(18-39-22)34(35,36)37/h8-9,18,20,24-25,30H,10-17,19H2,1-7H3/t24?,25?,30-,33?/m1/s1. The van der Waals surface area contributed by atoms with Crippen LogP contribution in [-0.4, -0.2) is 48.6 Å². The normalized spacial score (nSPS) is 29.1. The van der Waals surface area contributed by atoms with E-state index in [1.165, 1.54) is 6.07 Å². The van der Waals surface area contributed by atoms with Crippen molar-refractivity contribution in [2.75, 3.05) is 26.4 Å². The van der Waals surface area contributed by atoms with Gasteiger partial charge < -0.3 is 18.6 Å². The molecule has 0 radical (unpaired) electrons. The number of halogens is 4. The maximum atomic E-state index is 13.6. The summed E-state index contributed by atoms with van der Waals surface area (Å²) in [6, 6.07) is 2.60. The lowest BCUT2D eigenvalue weighted by Gasteiger charge is -2.47. The summed E-state index contributed by atoms with van der Waals surface area (Å²) in [5, 5.41) is 0.0126. The molecule has 45 heavy (non-hydrogen) atoms. The fraction of sp³-hybridized carbons (Fsp3) is 0.706. The van der Waals surface area contributed by atoms with Crippen LogP contribution in [0.4, 0.5) is 13.2 Å². The number of hydrogen-bond donors (Lipinski definition) is 0. The molecule has 2 aromatic rings. The Balaban J connectivity index is 1.63. The second-order valence-corrected chi connectivity index (χ2v) is 21.9. The Kier molecular flexibility index (Phi) is 8.84. The van der Waals surface area contributed by atoms with Crippen LogP contribution in [0.1, 0.15) is 118 Å². The first-order chi connectivity index (χ1) is 20.9. The highest BCUT2D eigenvalue weighted by Crippen LogP contribution is 2.60. The summed E-state index contributed by atoms with van der Waals surface area (Å²) < 4.78 is 67.0. The molecule has 3 aliphatic heterocycles. The number of pyridine rings is 2. The van der Waals surface area contributed by atoms with E-state index in [1.54, 1.807) is 0 Å². The molecule has 2 aromatic heterocycles. The van der Waals surface area contributed by atoms with Gasteiger partial charge in [0.05, 0.1) is 33.6 Å². The maximum absolute atomic E-state index is 13.6. The molecular weight excluding hydrogens is 712 g/mol. The third-order valence-electron chi connectivity index (χ3n) is 10.7. The second kappa shape index (κ2) is 11.8. The number of aromatic nitrogens is 2. The summed E-state index contributed by atoms with van der Waals surface area (Å²) in [5.41, 5.74) is 4.33. The molecule has 2 saturated heterocycles. The van der Waals surface area contributed by atoms with Crippen LogP contribution < -0.4 is 0 Å². The van der Waals surface area contributed by atoms with Crippen LogP contribution in [0.15, 0.2) is 18.3 Å². The fourth-order valence-electron chi connectivity index (χ4n) is 7.31. The molecule has 0 N–H and O–H groups in total. The molecule has 248 valence electrons. The zero-order chi connectivity index (χ0) is 32.6. The summed E-state index contributed by atoms with van der Waals surface area (Å²) >= 11 is 2.46. The van der Waals surface area contributed by atoms with E-state index in [-0.39, 0.29) is 26.4 Å². The summed E-state index contributed by atoms with van der Waals surface area (Å²) in [4.78, 5) is 9.95. The molecule has 1 spiro atoms. The molecule has 3 unspecified atom stereocenters. The predicted octanol–water partition coefficient (Wildman–Crippen LogP) is 8.96. The van der Waals surface area contributed by atoms with Gasteiger partial charge in [0.2, 0.25) is 0 Å². The van der Waals surface area contributed by atoms with E-state index >= 15 is 0 Å². The quantitative estimate of drug-likeness (QED) is 0.176. The number of rotatable bonds is 4. The fourth-order valence-corrected chi connectivity index (χ4v) is 9.60. The van der Waals surface area contributed by atoms with Gasteiger partial charge in [-0.3, -0.25) is 9.97 Å². The van der Waals surface area contributed by atoms with Gasteiger partial charge in [-0.15, -0.1) is 0 Å². The third-order valence-corrected chi connectivity index (χ3v) is 16.6. The molecule has 4 atom stereocenters. The highest BCUT2D eigenvalue weighted by Gasteiger charge is 2.57. The van der Waals surface area contributed by atoms with E-state index in [9.17, 15) is 13.2 Å². The van der Waals surface area contributed by atoms with E-state index in [2.05, 4.69) is 75.3 Å². The number of ether oxygens (including phenoxy) is 3. The van der Waals surface area contributed by atoms with Gasteiger partial charge in [0, 0.05) is 60.7 Å². The van der Waals surface area contributed by atoms with Crippen molar-refractivity contribution in [3.05, 3.63) is 57.7 Å². The maximum Gasteiger partial charge on any atom is 0.417 e. The third kappa shape index (κ3) is 6.16. The largest absolute Gasteiger partial charge is 0.417 e. The first-order valence-electron chi connectivity index (χ1n) is 16.2. The zero-order valence-electron chi connectivity index (χ0n) is 27.4. The minimum absolute atomic E-state index is 0.0126. The summed E-state index contributed by atoms with van der Waals surface area (Å²) in [7, 11) is -2.22. The Morgan fingerprint density at radius 1 is 1.02 bits per heavy atom. The highest BCUT2D eigenvalue weighted by atomic mass is 127. The van der Waals surface area contributed by atoms with Crippen molar-refractivity contribution in [3.8, 4) is 0 Å². The Bertz CT molecular complexity index is 1420. The molecule has 0 bridgehead atoms. The van der Waals surface area contributed by atoms with Crippen molar-refractivity contribution < 1.29 is 31.8 Å². The Morgan fingerprint density at radius 2 is 1.73 bits per heavy atom. The molecule has 6 nitrogen and oxygen atoms in total. The van der Waals surface area contributed by atoms with Crippen LogP contribution in [0.2, 0.25) is 18.1 Å². The smallest absolute Gasteiger partial charge is 0.410 e. The van der Waals surface area contributed by atoms with Gasteiger partial charge in [-0.05, 0) is 61.4 Å². The van der Waals surface area contributed by atoms with Gasteiger partial charge in [0.1, 0.15) is 11.7 Å². The number of hydrogen-bond acceptors (Lipinski definition) is 6. The average Bonchev–Trinajstić information content (AvgIpc) is 3.28. The molecule has 0 amide bonds. The molecular formula is C34H46F3IN2O4Si. The van der Waals surface area contributed by atoms with Gasteiger partial charge in [-0.25, -0.2) is 0 Å². The Hall–Kier alpha value is -1.12. The van der Waals surface area contributed by atoms with E-state index in [1.807, 2.05) is 0 Å². The van der Waals surface area contributed by atoms with E-state index < -0.39 is 31.8 Å². The van der Waals surface area contributed by atoms with Gasteiger partial charge in [0.15, 0.2) is 8.32 Å².